The van der Waals surface area contributed by atoms with Crippen molar-refractivity contribution < 1.29 is 4.79 Å². The van der Waals surface area contributed by atoms with E-state index in [1.807, 2.05) is 36.5 Å². The second kappa shape index (κ2) is 7.45. The quantitative estimate of drug-likeness (QED) is 0.888. The zero-order valence-electron chi connectivity index (χ0n) is 14.2. The molecule has 0 spiro atoms. The lowest BCUT2D eigenvalue weighted by atomic mass is 10.1. The van der Waals surface area contributed by atoms with Crippen LogP contribution in [0.2, 0.25) is 0 Å². The lowest BCUT2D eigenvalue weighted by Crippen LogP contribution is -2.34. The monoisotopic (exact) mass is 324 g/mol. The molecule has 2 atom stereocenters. The number of hydrogen-bond acceptors (Lipinski definition) is 4. The Morgan fingerprint density at radius 2 is 2.17 bits per heavy atom. The first-order chi connectivity index (χ1) is 11.6. The third-order valence-electron chi connectivity index (χ3n) is 4.35. The summed E-state index contributed by atoms with van der Waals surface area (Å²) in [6, 6.07) is 14.7. The molecule has 1 amide bonds. The van der Waals surface area contributed by atoms with E-state index >= 15 is 0 Å². The molecule has 3 rings (SSSR count). The SMILES string of the molecule is CC(=O)Nc1cccc([C@@H](C)N[C@H]2CCN(c3ccccn3)C2)c1. The lowest BCUT2D eigenvalue weighted by Gasteiger charge is -2.21. The van der Waals surface area contributed by atoms with Crippen LogP contribution in [0.1, 0.15) is 31.9 Å². The first-order valence-corrected chi connectivity index (χ1v) is 8.41. The summed E-state index contributed by atoms with van der Waals surface area (Å²) in [6.07, 6.45) is 2.94. The summed E-state index contributed by atoms with van der Waals surface area (Å²) in [5.41, 5.74) is 2.02. The first kappa shape index (κ1) is 16.5. The van der Waals surface area contributed by atoms with Gasteiger partial charge in [0, 0.05) is 44.0 Å². The number of carbonyl (C=O) groups excluding carboxylic acids is 1. The molecule has 0 aliphatic carbocycles. The molecule has 126 valence electrons. The first-order valence-electron chi connectivity index (χ1n) is 8.41. The summed E-state index contributed by atoms with van der Waals surface area (Å²) in [5, 5.41) is 6.53. The minimum Gasteiger partial charge on any atom is -0.355 e. The molecule has 2 aromatic rings. The van der Waals surface area contributed by atoms with E-state index < -0.39 is 0 Å². The number of nitrogens with one attached hydrogen (secondary N) is 2. The van der Waals surface area contributed by atoms with Gasteiger partial charge in [0.15, 0.2) is 0 Å². The van der Waals surface area contributed by atoms with E-state index in [4.69, 9.17) is 0 Å². The minimum atomic E-state index is -0.0467. The maximum absolute atomic E-state index is 11.2. The molecule has 0 saturated carbocycles. The Morgan fingerprint density at radius 3 is 2.92 bits per heavy atom. The van der Waals surface area contributed by atoms with Gasteiger partial charge in [-0.1, -0.05) is 18.2 Å². The Hall–Kier alpha value is -2.40. The molecule has 2 heterocycles. The number of aromatic nitrogens is 1. The standard InChI is InChI=1S/C19H24N4O/c1-14(16-6-5-7-17(12-16)22-15(2)24)21-18-9-11-23(13-18)19-8-3-4-10-20-19/h3-8,10,12,14,18,21H,9,11,13H2,1-2H3,(H,22,24)/t14-,18+/m1/s1. The molecule has 1 aliphatic rings. The van der Waals surface area contributed by atoms with Crippen molar-refractivity contribution in [2.45, 2.75) is 32.4 Å². The maximum Gasteiger partial charge on any atom is 0.221 e. The molecule has 1 aromatic carbocycles. The van der Waals surface area contributed by atoms with Gasteiger partial charge in [0.25, 0.3) is 0 Å². The van der Waals surface area contributed by atoms with Gasteiger partial charge < -0.3 is 15.5 Å². The average molecular weight is 324 g/mol. The van der Waals surface area contributed by atoms with Gasteiger partial charge in [-0.3, -0.25) is 4.79 Å². The van der Waals surface area contributed by atoms with Crippen LogP contribution in [0, 0.1) is 0 Å². The predicted molar refractivity (Wildman–Crippen MR) is 97.2 cm³/mol. The van der Waals surface area contributed by atoms with Gasteiger partial charge in [-0.25, -0.2) is 4.98 Å². The lowest BCUT2D eigenvalue weighted by molar-refractivity contribution is -0.114. The van der Waals surface area contributed by atoms with Crippen LogP contribution in [0.5, 0.6) is 0 Å². The normalized spacial score (nSPS) is 18.4. The van der Waals surface area contributed by atoms with E-state index in [1.165, 1.54) is 12.5 Å². The number of hydrogen-bond donors (Lipinski definition) is 2. The van der Waals surface area contributed by atoms with Crippen LogP contribution in [0.4, 0.5) is 11.5 Å². The fraction of sp³-hybridized carbons (Fsp3) is 0.368. The summed E-state index contributed by atoms with van der Waals surface area (Å²) < 4.78 is 0. The summed E-state index contributed by atoms with van der Waals surface area (Å²) in [7, 11) is 0. The van der Waals surface area contributed by atoms with Gasteiger partial charge in [0.1, 0.15) is 5.82 Å². The van der Waals surface area contributed by atoms with E-state index in [2.05, 4.69) is 39.6 Å². The number of benzene rings is 1. The number of nitrogens with zero attached hydrogens (tertiary/aromatic N) is 2. The van der Waals surface area contributed by atoms with Crippen molar-refractivity contribution in [3.8, 4) is 0 Å². The summed E-state index contributed by atoms with van der Waals surface area (Å²) in [5.74, 6) is 0.997. The van der Waals surface area contributed by atoms with Crippen LogP contribution in [0.3, 0.4) is 0 Å². The van der Waals surface area contributed by atoms with Crippen molar-refractivity contribution in [3.63, 3.8) is 0 Å². The number of rotatable bonds is 5. The molecular formula is C19H24N4O. The van der Waals surface area contributed by atoms with E-state index in [0.29, 0.717) is 6.04 Å². The smallest absolute Gasteiger partial charge is 0.221 e. The van der Waals surface area contributed by atoms with Crippen LogP contribution < -0.4 is 15.5 Å². The Labute approximate surface area is 143 Å². The highest BCUT2D eigenvalue weighted by atomic mass is 16.1. The molecule has 2 N–H and O–H groups in total. The molecule has 1 saturated heterocycles. The number of anilines is 2. The fourth-order valence-electron chi connectivity index (χ4n) is 3.18. The van der Waals surface area contributed by atoms with E-state index in [1.54, 1.807) is 0 Å². The van der Waals surface area contributed by atoms with Gasteiger partial charge in [-0.2, -0.15) is 0 Å². The molecule has 1 aliphatic heterocycles. The summed E-state index contributed by atoms with van der Waals surface area (Å²) in [6.45, 7) is 5.68. The summed E-state index contributed by atoms with van der Waals surface area (Å²) >= 11 is 0. The molecule has 5 nitrogen and oxygen atoms in total. The van der Waals surface area contributed by atoms with E-state index in [0.717, 1.165) is 31.0 Å². The van der Waals surface area contributed by atoms with Gasteiger partial charge in [-0.15, -0.1) is 0 Å². The number of carbonyl (C=O) groups is 1. The Morgan fingerprint density at radius 1 is 1.29 bits per heavy atom. The van der Waals surface area contributed by atoms with Crippen molar-refractivity contribution >= 4 is 17.4 Å². The second-order valence-corrected chi connectivity index (χ2v) is 6.31. The van der Waals surface area contributed by atoms with Crippen molar-refractivity contribution in [3.05, 3.63) is 54.2 Å². The van der Waals surface area contributed by atoms with Crippen LogP contribution >= 0.6 is 0 Å². The topological polar surface area (TPSA) is 57.3 Å². The molecule has 0 radical (unpaired) electrons. The molecule has 5 heteroatoms. The zero-order valence-corrected chi connectivity index (χ0v) is 14.2. The van der Waals surface area contributed by atoms with Crippen LogP contribution in [-0.4, -0.2) is 30.0 Å². The molecular weight excluding hydrogens is 300 g/mol. The zero-order chi connectivity index (χ0) is 16.9. The highest BCUT2D eigenvalue weighted by molar-refractivity contribution is 5.88. The largest absolute Gasteiger partial charge is 0.355 e. The molecule has 1 aromatic heterocycles. The van der Waals surface area contributed by atoms with Crippen LogP contribution in [-0.2, 0) is 4.79 Å². The third-order valence-corrected chi connectivity index (χ3v) is 4.35. The molecule has 0 bridgehead atoms. The third kappa shape index (κ3) is 4.11. The predicted octanol–water partition coefficient (Wildman–Crippen LogP) is 2.97. The van der Waals surface area contributed by atoms with Crippen molar-refractivity contribution in [2.24, 2.45) is 0 Å². The molecule has 24 heavy (non-hydrogen) atoms. The highest BCUT2D eigenvalue weighted by Gasteiger charge is 2.24. The van der Waals surface area contributed by atoms with Crippen LogP contribution in [0.15, 0.2) is 48.7 Å². The van der Waals surface area contributed by atoms with Crippen LogP contribution in [0.25, 0.3) is 0 Å². The van der Waals surface area contributed by atoms with E-state index in [9.17, 15) is 4.79 Å². The van der Waals surface area contributed by atoms with Crippen molar-refractivity contribution in [1.29, 1.82) is 0 Å². The number of pyridine rings is 1. The van der Waals surface area contributed by atoms with Gasteiger partial charge >= 0.3 is 0 Å². The molecule has 0 unspecified atom stereocenters. The van der Waals surface area contributed by atoms with Gasteiger partial charge in [0.2, 0.25) is 5.91 Å². The Bertz CT molecular complexity index is 689. The summed E-state index contributed by atoms with van der Waals surface area (Å²) in [4.78, 5) is 18.0. The second-order valence-electron chi connectivity index (χ2n) is 6.31. The molecule has 1 fully saturated rings. The Kier molecular flexibility index (Phi) is 5.11. The number of amides is 1. The minimum absolute atomic E-state index is 0.0467. The fourth-order valence-corrected chi connectivity index (χ4v) is 3.18. The maximum atomic E-state index is 11.2. The highest BCUT2D eigenvalue weighted by Crippen LogP contribution is 2.22. The Balaban J connectivity index is 1.59. The van der Waals surface area contributed by atoms with Crippen molar-refractivity contribution in [1.82, 2.24) is 10.3 Å². The van der Waals surface area contributed by atoms with E-state index in [-0.39, 0.29) is 11.9 Å². The average Bonchev–Trinajstić information content (AvgIpc) is 3.04. The van der Waals surface area contributed by atoms with Gasteiger partial charge in [-0.05, 0) is 43.2 Å². The van der Waals surface area contributed by atoms with Crippen molar-refractivity contribution in [2.75, 3.05) is 23.3 Å². The van der Waals surface area contributed by atoms with Gasteiger partial charge in [0.05, 0.1) is 0 Å².